The van der Waals surface area contributed by atoms with E-state index in [0.717, 1.165) is 51.6 Å². The predicted octanol–water partition coefficient (Wildman–Crippen LogP) is 7.92. The van der Waals surface area contributed by atoms with E-state index in [1.165, 1.54) is 36.5 Å². The molecule has 162 valence electrons. The third kappa shape index (κ3) is 7.16. The fourth-order valence-corrected chi connectivity index (χ4v) is 4.89. The van der Waals surface area contributed by atoms with Crippen molar-refractivity contribution in [2.75, 3.05) is 6.61 Å². The fraction of sp³-hybridized carbons (Fsp3) is 0.680. The standard InChI is InChI=1S/C25H35F3O/c1-2-3-18-29-24-14-12-23(13-15-24)22-10-8-21(9-11-22)20-6-4-19(5-7-20)16-17-25(26,27)28/h8-11,16-17,19-20,23-24H,2-7,12-15,18H2,1H3/b17-16+. The Labute approximate surface area is 173 Å². The first-order chi connectivity index (χ1) is 13.9. The van der Waals surface area contributed by atoms with Crippen LogP contribution in [0.1, 0.15) is 94.1 Å². The molecule has 2 fully saturated rings. The van der Waals surface area contributed by atoms with Crippen molar-refractivity contribution >= 4 is 0 Å². The van der Waals surface area contributed by atoms with Crippen molar-refractivity contribution in [2.24, 2.45) is 5.92 Å². The summed E-state index contributed by atoms with van der Waals surface area (Å²) >= 11 is 0. The molecule has 0 N–H and O–H groups in total. The lowest BCUT2D eigenvalue weighted by Gasteiger charge is -2.30. The van der Waals surface area contributed by atoms with Crippen LogP contribution in [0.3, 0.4) is 0 Å². The zero-order chi connectivity index (χ0) is 20.7. The third-order valence-corrected chi connectivity index (χ3v) is 6.73. The van der Waals surface area contributed by atoms with E-state index in [0.29, 0.717) is 24.0 Å². The number of benzene rings is 1. The van der Waals surface area contributed by atoms with E-state index < -0.39 is 6.18 Å². The molecule has 0 bridgehead atoms. The number of unbranched alkanes of at least 4 members (excludes halogenated alkanes) is 1. The topological polar surface area (TPSA) is 9.23 Å². The minimum Gasteiger partial charge on any atom is -0.378 e. The summed E-state index contributed by atoms with van der Waals surface area (Å²) < 4.78 is 43.0. The highest BCUT2D eigenvalue weighted by atomic mass is 19.4. The van der Waals surface area contributed by atoms with Gasteiger partial charge in [-0.1, -0.05) is 43.7 Å². The van der Waals surface area contributed by atoms with E-state index in [2.05, 4.69) is 31.2 Å². The van der Waals surface area contributed by atoms with E-state index in [-0.39, 0.29) is 5.92 Å². The minimum atomic E-state index is -4.19. The number of hydrogen-bond acceptors (Lipinski definition) is 1. The molecule has 2 aliphatic carbocycles. The number of halogens is 3. The molecule has 0 saturated heterocycles. The Hall–Kier alpha value is -1.29. The number of hydrogen-bond donors (Lipinski definition) is 0. The quantitative estimate of drug-likeness (QED) is 0.329. The zero-order valence-corrected chi connectivity index (χ0v) is 17.6. The Morgan fingerprint density at radius 2 is 1.38 bits per heavy atom. The normalized spacial score (nSPS) is 28.7. The summed E-state index contributed by atoms with van der Waals surface area (Å²) in [5.74, 6) is 1.20. The largest absolute Gasteiger partial charge is 0.409 e. The van der Waals surface area contributed by atoms with E-state index >= 15 is 0 Å². The lowest BCUT2D eigenvalue weighted by Crippen LogP contribution is -2.21. The van der Waals surface area contributed by atoms with Gasteiger partial charge in [0.1, 0.15) is 0 Å². The van der Waals surface area contributed by atoms with Gasteiger partial charge in [0.25, 0.3) is 0 Å². The minimum absolute atomic E-state index is 0.0712. The summed E-state index contributed by atoms with van der Waals surface area (Å²) in [4.78, 5) is 0. The highest BCUT2D eigenvalue weighted by molar-refractivity contribution is 5.28. The van der Waals surface area contributed by atoms with Crippen molar-refractivity contribution in [3.05, 3.63) is 47.5 Å². The fourth-order valence-electron chi connectivity index (χ4n) is 4.89. The first-order valence-electron chi connectivity index (χ1n) is 11.4. The number of ether oxygens (including phenoxy) is 1. The molecular formula is C25H35F3O. The molecule has 2 saturated carbocycles. The van der Waals surface area contributed by atoms with Crippen LogP contribution in [0.15, 0.2) is 36.4 Å². The Morgan fingerprint density at radius 3 is 1.86 bits per heavy atom. The maximum Gasteiger partial charge on any atom is 0.409 e. The highest BCUT2D eigenvalue weighted by Crippen LogP contribution is 2.39. The van der Waals surface area contributed by atoms with Crippen LogP contribution in [0, 0.1) is 5.92 Å². The van der Waals surface area contributed by atoms with E-state index in [9.17, 15) is 13.2 Å². The molecule has 0 aliphatic heterocycles. The van der Waals surface area contributed by atoms with Gasteiger partial charge in [0.2, 0.25) is 0 Å². The number of alkyl halides is 3. The van der Waals surface area contributed by atoms with E-state index in [4.69, 9.17) is 4.74 Å². The molecule has 2 aliphatic rings. The first kappa shape index (κ1) is 22.4. The van der Waals surface area contributed by atoms with Gasteiger partial charge in [-0.3, -0.25) is 0 Å². The molecule has 3 rings (SSSR count). The third-order valence-electron chi connectivity index (χ3n) is 6.73. The summed E-state index contributed by atoms with van der Waals surface area (Å²) in [6.07, 6.45) is 8.75. The van der Waals surface area contributed by atoms with Gasteiger partial charge >= 0.3 is 6.18 Å². The van der Waals surface area contributed by atoms with Gasteiger partial charge < -0.3 is 4.74 Å². The molecule has 0 radical (unpaired) electrons. The van der Waals surface area contributed by atoms with Gasteiger partial charge in [0, 0.05) is 12.7 Å². The summed E-state index contributed by atoms with van der Waals surface area (Å²) in [5.41, 5.74) is 2.78. The summed E-state index contributed by atoms with van der Waals surface area (Å²) in [6.45, 7) is 3.09. The number of rotatable bonds is 7. The van der Waals surface area contributed by atoms with Crippen molar-refractivity contribution in [3.8, 4) is 0 Å². The maximum atomic E-state index is 12.3. The smallest absolute Gasteiger partial charge is 0.378 e. The molecule has 0 aromatic heterocycles. The van der Waals surface area contributed by atoms with Crippen LogP contribution in [0.2, 0.25) is 0 Å². The van der Waals surface area contributed by atoms with Crippen molar-refractivity contribution in [3.63, 3.8) is 0 Å². The van der Waals surface area contributed by atoms with Gasteiger partial charge in [-0.15, -0.1) is 0 Å². The van der Waals surface area contributed by atoms with Crippen LogP contribution in [-0.2, 0) is 4.74 Å². The Balaban J connectivity index is 1.45. The van der Waals surface area contributed by atoms with Crippen molar-refractivity contribution in [1.82, 2.24) is 0 Å². The lowest BCUT2D eigenvalue weighted by molar-refractivity contribution is -0.0803. The lowest BCUT2D eigenvalue weighted by atomic mass is 9.77. The molecule has 1 aromatic carbocycles. The summed E-state index contributed by atoms with van der Waals surface area (Å²) in [6, 6.07) is 9.09. The molecule has 1 nitrogen and oxygen atoms in total. The molecule has 29 heavy (non-hydrogen) atoms. The molecule has 0 unspecified atom stereocenters. The van der Waals surface area contributed by atoms with Crippen LogP contribution >= 0.6 is 0 Å². The van der Waals surface area contributed by atoms with Gasteiger partial charge in [-0.2, -0.15) is 13.2 Å². The molecule has 0 atom stereocenters. The molecule has 0 amide bonds. The molecule has 1 aromatic rings. The van der Waals surface area contributed by atoms with Gasteiger partial charge in [0.15, 0.2) is 0 Å². The predicted molar refractivity (Wildman–Crippen MR) is 112 cm³/mol. The summed E-state index contributed by atoms with van der Waals surface area (Å²) in [5, 5.41) is 0. The SMILES string of the molecule is CCCCOC1CCC(c2ccc(C3CCC(/C=C/C(F)(F)F)CC3)cc2)CC1. The maximum absolute atomic E-state index is 12.3. The average molecular weight is 409 g/mol. The second-order valence-corrected chi connectivity index (χ2v) is 8.88. The van der Waals surface area contributed by atoms with Gasteiger partial charge in [-0.05, 0) is 86.7 Å². The van der Waals surface area contributed by atoms with Gasteiger partial charge in [0.05, 0.1) is 6.10 Å². The highest BCUT2D eigenvalue weighted by Gasteiger charge is 2.26. The zero-order valence-electron chi connectivity index (χ0n) is 17.6. The van der Waals surface area contributed by atoms with Crippen molar-refractivity contribution < 1.29 is 17.9 Å². The van der Waals surface area contributed by atoms with Gasteiger partial charge in [-0.25, -0.2) is 0 Å². The summed E-state index contributed by atoms with van der Waals surface area (Å²) in [7, 11) is 0. The Morgan fingerprint density at radius 1 is 0.862 bits per heavy atom. The molecular weight excluding hydrogens is 373 g/mol. The molecule has 0 heterocycles. The average Bonchev–Trinajstić information content (AvgIpc) is 2.73. The molecule has 4 heteroatoms. The van der Waals surface area contributed by atoms with E-state index in [1.807, 2.05) is 0 Å². The Kier molecular flexibility index (Phi) is 8.23. The van der Waals surface area contributed by atoms with Crippen LogP contribution in [0.25, 0.3) is 0 Å². The first-order valence-corrected chi connectivity index (χ1v) is 11.4. The number of allylic oxidation sites excluding steroid dienone is 2. The van der Waals surface area contributed by atoms with Crippen LogP contribution in [0.4, 0.5) is 13.2 Å². The molecule has 0 spiro atoms. The van der Waals surface area contributed by atoms with E-state index in [1.54, 1.807) is 0 Å². The van der Waals surface area contributed by atoms with Crippen molar-refractivity contribution in [2.45, 2.75) is 95.2 Å². The van der Waals surface area contributed by atoms with Crippen LogP contribution in [0.5, 0.6) is 0 Å². The van der Waals surface area contributed by atoms with Crippen molar-refractivity contribution in [1.29, 1.82) is 0 Å². The monoisotopic (exact) mass is 408 g/mol. The second kappa shape index (κ2) is 10.7. The Bertz CT molecular complexity index is 618. The van der Waals surface area contributed by atoms with Crippen LogP contribution < -0.4 is 0 Å². The van der Waals surface area contributed by atoms with Crippen LogP contribution in [-0.4, -0.2) is 18.9 Å². The second-order valence-electron chi connectivity index (χ2n) is 8.88.